The van der Waals surface area contributed by atoms with E-state index in [4.69, 9.17) is 23.1 Å². The van der Waals surface area contributed by atoms with Crippen LogP contribution in [-0.4, -0.2) is 49.6 Å². The summed E-state index contributed by atoms with van der Waals surface area (Å²) >= 11 is 7.01. The van der Waals surface area contributed by atoms with Gasteiger partial charge >= 0.3 is 0 Å². The fourth-order valence-electron chi connectivity index (χ4n) is 4.40. The van der Waals surface area contributed by atoms with Crippen LogP contribution in [0.3, 0.4) is 0 Å². The quantitative estimate of drug-likeness (QED) is 0.208. The molecule has 13 heteroatoms. The minimum absolute atomic E-state index is 0.128. The summed E-state index contributed by atoms with van der Waals surface area (Å²) in [7, 11) is -3.60. The van der Waals surface area contributed by atoms with E-state index in [1.807, 2.05) is 6.07 Å². The van der Waals surface area contributed by atoms with Crippen molar-refractivity contribution in [3.63, 3.8) is 0 Å². The number of halogens is 1. The molecule has 2 heterocycles. The Morgan fingerprint density at radius 1 is 0.795 bits per heavy atom. The lowest BCUT2D eigenvalue weighted by atomic mass is 10.1. The first-order valence-corrected chi connectivity index (χ1v) is 16.3. The zero-order chi connectivity index (χ0) is 31.7. The molecule has 4 aromatic rings. The molecule has 0 saturated carbocycles. The van der Waals surface area contributed by atoms with Crippen molar-refractivity contribution in [3.8, 4) is 0 Å². The minimum Gasteiger partial charge on any atom is -0.382 e. The summed E-state index contributed by atoms with van der Waals surface area (Å²) in [6.07, 6.45) is 1.32. The summed E-state index contributed by atoms with van der Waals surface area (Å²) in [5.74, 6) is -1.11. The monoisotopic (exact) mass is 653 g/mol. The molecule has 0 bridgehead atoms. The Kier molecular flexibility index (Phi) is 11.1. The van der Waals surface area contributed by atoms with E-state index >= 15 is 0 Å². The smallest absolute Gasteiger partial charge is 0.252 e. The zero-order valence-corrected chi connectivity index (χ0v) is 26.0. The number of nitrogens with two attached hydrogens (primary N) is 2. The fourth-order valence-corrected chi connectivity index (χ4v) is 7.44. The molecule has 5 rings (SSSR count). The van der Waals surface area contributed by atoms with Gasteiger partial charge in [0.05, 0.1) is 6.54 Å². The van der Waals surface area contributed by atoms with Crippen molar-refractivity contribution in [2.45, 2.75) is 29.6 Å². The van der Waals surface area contributed by atoms with Crippen LogP contribution in [0.15, 0.2) is 95.2 Å². The van der Waals surface area contributed by atoms with Gasteiger partial charge in [0.15, 0.2) is 0 Å². The van der Waals surface area contributed by atoms with Crippen LogP contribution in [0.4, 0.5) is 5.69 Å². The van der Waals surface area contributed by atoms with Crippen molar-refractivity contribution in [2.75, 3.05) is 18.4 Å². The Morgan fingerprint density at radius 3 is 1.93 bits per heavy atom. The highest BCUT2D eigenvalue weighted by molar-refractivity contribution is 7.91. The first kappa shape index (κ1) is 32.7. The Bertz CT molecular complexity index is 1690. The van der Waals surface area contributed by atoms with Crippen molar-refractivity contribution < 1.29 is 22.8 Å². The maximum Gasteiger partial charge on any atom is 0.252 e. The summed E-state index contributed by atoms with van der Waals surface area (Å²) < 4.78 is 28.0. The first-order valence-electron chi connectivity index (χ1n) is 13.7. The van der Waals surface area contributed by atoms with Crippen LogP contribution in [0.5, 0.6) is 0 Å². The average molecular weight is 654 g/mol. The lowest BCUT2D eigenvalue weighted by Gasteiger charge is -2.31. The van der Waals surface area contributed by atoms with Crippen molar-refractivity contribution >= 4 is 56.4 Å². The molecule has 1 aliphatic heterocycles. The molecule has 1 aliphatic rings. The number of anilines is 1. The molecule has 3 aromatic carbocycles. The van der Waals surface area contributed by atoms with Gasteiger partial charge in [0.1, 0.15) is 4.21 Å². The van der Waals surface area contributed by atoms with Crippen molar-refractivity contribution in [1.29, 1.82) is 0 Å². The highest BCUT2D eigenvalue weighted by Gasteiger charge is 2.30. The molecule has 0 aliphatic carbocycles. The van der Waals surface area contributed by atoms with E-state index in [1.54, 1.807) is 84.9 Å². The number of amides is 3. The van der Waals surface area contributed by atoms with Crippen LogP contribution in [-0.2, 0) is 16.6 Å². The summed E-state index contributed by atoms with van der Waals surface area (Å²) in [5.41, 5.74) is 12.6. The number of rotatable bonds is 9. The van der Waals surface area contributed by atoms with Crippen LogP contribution < -0.4 is 22.1 Å². The van der Waals surface area contributed by atoms with Crippen LogP contribution in [0.25, 0.3) is 0 Å². The highest BCUT2D eigenvalue weighted by Crippen LogP contribution is 2.28. The standard InChI is InChI=1S/C24H25ClN4O4S2.C7H7NO/c25-18-5-1-17(2-6-18)24(31)27-15-21-9-10-22(34-21)35(32,33)29-13-11-20(12-14-29)28-19-7-3-16(4-8-19)23(26)30;8-7(9)6-4-2-1-3-5-6/h1-10,20,28H,11-15H2,(H2,26,30)(H,27,31);1-5H,(H2,8,9). The van der Waals surface area contributed by atoms with Crippen LogP contribution in [0, 0.1) is 0 Å². The Morgan fingerprint density at radius 2 is 1.36 bits per heavy atom. The Balaban J connectivity index is 0.000000421. The van der Waals surface area contributed by atoms with Gasteiger partial charge in [0.2, 0.25) is 11.8 Å². The topological polar surface area (TPSA) is 165 Å². The van der Waals surface area contributed by atoms with Crippen molar-refractivity contribution in [3.05, 3.63) is 118 Å². The molecule has 3 amide bonds. The van der Waals surface area contributed by atoms with Crippen molar-refractivity contribution in [2.24, 2.45) is 11.5 Å². The third-order valence-corrected chi connectivity index (χ3v) is 10.5. The molecule has 0 atom stereocenters. The molecule has 1 saturated heterocycles. The fraction of sp³-hybridized carbons (Fsp3) is 0.194. The summed E-state index contributed by atoms with van der Waals surface area (Å²) in [6.45, 7) is 1.04. The predicted octanol–water partition coefficient (Wildman–Crippen LogP) is 4.48. The number of benzene rings is 3. The van der Waals surface area contributed by atoms with Crippen molar-refractivity contribution in [1.82, 2.24) is 9.62 Å². The molecule has 230 valence electrons. The molecule has 0 spiro atoms. The largest absolute Gasteiger partial charge is 0.382 e. The van der Waals surface area contributed by atoms with Gasteiger partial charge in [-0.05, 0) is 85.6 Å². The van der Waals surface area contributed by atoms with E-state index in [1.165, 1.54) is 4.31 Å². The molecule has 6 N–H and O–H groups in total. The Labute approximate surface area is 265 Å². The third kappa shape index (κ3) is 8.89. The van der Waals surface area contributed by atoms with E-state index < -0.39 is 15.9 Å². The lowest BCUT2D eigenvalue weighted by Crippen LogP contribution is -2.42. The number of nitrogens with one attached hydrogen (secondary N) is 2. The number of sulfonamides is 1. The number of piperidine rings is 1. The van der Waals surface area contributed by atoms with E-state index in [2.05, 4.69) is 10.6 Å². The van der Waals surface area contributed by atoms with Gasteiger partial charge in [0.25, 0.3) is 15.9 Å². The van der Waals surface area contributed by atoms with E-state index in [0.717, 1.165) is 21.9 Å². The molecular weight excluding hydrogens is 622 g/mol. The number of hydrogen-bond donors (Lipinski definition) is 4. The molecule has 1 aromatic heterocycles. The number of carbonyl (C=O) groups is 3. The number of carbonyl (C=O) groups excluding carboxylic acids is 3. The SMILES string of the molecule is NC(=O)c1ccc(NC2CCN(S(=O)(=O)c3ccc(CNC(=O)c4ccc(Cl)cc4)s3)CC2)cc1.NC(=O)c1ccccc1. The van der Waals surface area contributed by atoms with Gasteiger partial charge in [0, 0.05) is 51.4 Å². The molecule has 0 unspecified atom stereocenters. The highest BCUT2D eigenvalue weighted by atomic mass is 35.5. The van der Waals surface area contributed by atoms with Crippen LogP contribution >= 0.6 is 22.9 Å². The number of thiophene rings is 1. The second kappa shape index (κ2) is 15.0. The minimum atomic E-state index is -3.60. The Hall–Kier alpha value is -4.23. The maximum atomic E-state index is 13.1. The number of hydrogen-bond acceptors (Lipinski definition) is 7. The van der Waals surface area contributed by atoms with Gasteiger partial charge in [-0.2, -0.15) is 4.31 Å². The third-order valence-electron chi connectivity index (χ3n) is 6.81. The van der Waals surface area contributed by atoms with E-state index in [9.17, 15) is 22.8 Å². The van der Waals surface area contributed by atoms with Gasteiger partial charge in [-0.15, -0.1) is 11.3 Å². The van der Waals surface area contributed by atoms with Gasteiger partial charge in [-0.1, -0.05) is 29.8 Å². The molecule has 10 nitrogen and oxygen atoms in total. The summed E-state index contributed by atoms with van der Waals surface area (Å²) in [4.78, 5) is 34.7. The number of primary amides is 2. The normalized spacial score (nSPS) is 13.8. The summed E-state index contributed by atoms with van der Waals surface area (Å²) in [6, 6.07) is 25.7. The maximum absolute atomic E-state index is 13.1. The van der Waals surface area contributed by atoms with Gasteiger partial charge < -0.3 is 22.1 Å². The van der Waals surface area contributed by atoms with Gasteiger partial charge in [-0.25, -0.2) is 8.42 Å². The molecular formula is C31H32ClN5O5S2. The number of nitrogens with zero attached hydrogens (tertiary/aromatic N) is 1. The van der Waals surface area contributed by atoms with Crippen LogP contribution in [0.2, 0.25) is 5.02 Å². The molecule has 44 heavy (non-hydrogen) atoms. The summed E-state index contributed by atoms with van der Waals surface area (Å²) in [5, 5.41) is 6.74. The first-order chi connectivity index (χ1) is 21.0. The van der Waals surface area contributed by atoms with Gasteiger partial charge in [-0.3, -0.25) is 14.4 Å². The second-order valence-electron chi connectivity index (χ2n) is 9.90. The van der Waals surface area contributed by atoms with E-state index in [-0.39, 0.29) is 28.6 Å². The molecule has 0 radical (unpaired) electrons. The lowest BCUT2D eigenvalue weighted by molar-refractivity contribution is 0.0949. The molecule has 1 fully saturated rings. The second-order valence-corrected chi connectivity index (χ2v) is 13.7. The zero-order valence-electron chi connectivity index (χ0n) is 23.6. The van der Waals surface area contributed by atoms with E-state index in [0.29, 0.717) is 47.6 Å². The predicted molar refractivity (Wildman–Crippen MR) is 172 cm³/mol. The average Bonchev–Trinajstić information content (AvgIpc) is 3.52. The van der Waals surface area contributed by atoms with Crippen LogP contribution in [0.1, 0.15) is 48.8 Å².